The van der Waals surface area contributed by atoms with Gasteiger partial charge in [0.05, 0.1) is 7.11 Å². The molecule has 1 fully saturated rings. The fourth-order valence-electron chi connectivity index (χ4n) is 5.92. The Labute approximate surface area is 184 Å². The molecule has 0 amide bonds. The molecule has 3 rings (SSSR count). The Morgan fingerprint density at radius 2 is 1.65 bits per heavy atom. The lowest BCUT2D eigenvalue weighted by Crippen LogP contribution is -2.55. The number of methoxy groups -OCH3 is 1. The zero-order chi connectivity index (χ0) is 23.1. The van der Waals surface area contributed by atoms with Crippen molar-refractivity contribution in [1.82, 2.24) is 0 Å². The number of ether oxygens (including phenoxy) is 3. The average molecular weight is 431 g/mol. The molecular weight excluding hydrogens is 396 g/mol. The first-order valence-corrected chi connectivity index (χ1v) is 11.1. The van der Waals surface area contributed by atoms with Crippen LogP contribution >= 0.6 is 0 Å². The van der Waals surface area contributed by atoms with E-state index in [-0.39, 0.29) is 34.7 Å². The second-order valence-electron chi connectivity index (χ2n) is 9.90. The van der Waals surface area contributed by atoms with Crippen molar-refractivity contribution in [3.8, 4) is 11.5 Å². The summed E-state index contributed by atoms with van der Waals surface area (Å²) in [7, 11) is 1.41. The molecule has 0 N–H and O–H groups in total. The smallest absolute Gasteiger partial charge is 0.316 e. The summed E-state index contributed by atoms with van der Waals surface area (Å²) in [6, 6.07) is 2.02. The molecule has 0 unspecified atom stereocenters. The molecule has 0 spiro atoms. The number of carbonyl (C=O) groups is 3. The quantitative estimate of drug-likeness (QED) is 0.502. The van der Waals surface area contributed by atoms with E-state index in [0.29, 0.717) is 12.0 Å². The highest BCUT2D eigenvalue weighted by Gasteiger charge is 2.59. The van der Waals surface area contributed by atoms with Gasteiger partial charge in [-0.3, -0.25) is 14.4 Å². The maximum atomic E-state index is 13.5. The Bertz CT molecular complexity index is 913. The summed E-state index contributed by atoms with van der Waals surface area (Å²) in [6.07, 6.45) is 4.08. The molecule has 0 radical (unpaired) electrons. The van der Waals surface area contributed by atoms with Crippen LogP contribution in [0.2, 0.25) is 0 Å². The number of rotatable bonds is 4. The van der Waals surface area contributed by atoms with Crippen molar-refractivity contribution >= 4 is 17.9 Å². The Morgan fingerprint density at radius 3 is 2.19 bits per heavy atom. The van der Waals surface area contributed by atoms with E-state index in [2.05, 4.69) is 13.8 Å². The lowest BCUT2D eigenvalue weighted by Gasteiger charge is -2.54. The van der Waals surface area contributed by atoms with Crippen molar-refractivity contribution in [1.29, 1.82) is 0 Å². The van der Waals surface area contributed by atoms with E-state index < -0.39 is 17.4 Å². The monoisotopic (exact) mass is 430 g/mol. The SMILES string of the molecule is COC(=O)[C@@]12CCCC(C)(C)[C@H]1CCc1cc(C(C)C)c(OC(C)=O)c(OC(C)=O)c12. The minimum Gasteiger partial charge on any atom is -0.468 e. The van der Waals surface area contributed by atoms with Gasteiger partial charge >= 0.3 is 17.9 Å². The van der Waals surface area contributed by atoms with E-state index in [1.807, 2.05) is 19.9 Å². The summed E-state index contributed by atoms with van der Waals surface area (Å²) in [5, 5.41) is 0. The van der Waals surface area contributed by atoms with Crippen LogP contribution in [0.5, 0.6) is 11.5 Å². The molecule has 2 aliphatic carbocycles. The topological polar surface area (TPSA) is 78.9 Å². The van der Waals surface area contributed by atoms with E-state index in [4.69, 9.17) is 14.2 Å². The van der Waals surface area contributed by atoms with Gasteiger partial charge in [0.25, 0.3) is 0 Å². The number of benzene rings is 1. The maximum absolute atomic E-state index is 13.5. The van der Waals surface area contributed by atoms with E-state index in [9.17, 15) is 14.4 Å². The minimum absolute atomic E-state index is 0.0260. The van der Waals surface area contributed by atoms with Gasteiger partial charge in [0, 0.05) is 25.0 Å². The molecule has 0 aromatic heterocycles. The van der Waals surface area contributed by atoms with E-state index >= 15 is 0 Å². The molecule has 1 aromatic carbocycles. The highest BCUT2D eigenvalue weighted by molar-refractivity contribution is 5.88. The molecular formula is C25H34O6. The molecule has 0 saturated heterocycles. The van der Waals surface area contributed by atoms with Gasteiger partial charge < -0.3 is 14.2 Å². The highest BCUT2D eigenvalue weighted by atomic mass is 16.6. The molecule has 1 saturated carbocycles. The third-order valence-corrected chi connectivity index (χ3v) is 7.09. The first-order chi connectivity index (χ1) is 14.5. The molecule has 6 heteroatoms. The van der Waals surface area contributed by atoms with Crippen LogP contribution < -0.4 is 9.47 Å². The zero-order valence-electron chi connectivity index (χ0n) is 19.7. The summed E-state index contributed by atoms with van der Waals surface area (Å²) < 4.78 is 16.7. The van der Waals surface area contributed by atoms with Crippen molar-refractivity contribution in [2.45, 2.75) is 85.0 Å². The average Bonchev–Trinajstić information content (AvgIpc) is 2.66. The van der Waals surface area contributed by atoms with Crippen molar-refractivity contribution in [2.75, 3.05) is 7.11 Å². The summed E-state index contributed by atoms with van der Waals surface area (Å²) in [5.41, 5.74) is 1.39. The number of hydrogen-bond donors (Lipinski definition) is 0. The Kier molecular flexibility index (Phi) is 6.23. The molecule has 0 bridgehead atoms. The van der Waals surface area contributed by atoms with E-state index in [1.165, 1.54) is 21.0 Å². The molecule has 31 heavy (non-hydrogen) atoms. The first-order valence-electron chi connectivity index (χ1n) is 11.1. The third kappa shape index (κ3) is 3.85. The van der Waals surface area contributed by atoms with Crippen LogP contribution in [0.4, 0.5) is 0 Å². The van der Waals surface area contributed by atoms with Crippen LogP contribution in [0.3, 0.4) is 0 Å². The summed E-state index contributed by atoms with van der Waals surface area (Å²) >= 11 is 0. The van der Waals surface area contributed by atoms with Crippen molar-refractivity contribution < 1.29 is 28.6 Å². The number of aryl methyl sites for hydroxylation is 1. The fourth-order valence-corrected chi connectivity index (χ4v) is 5.92. The molecule has 0 aliphatic heterocycles. The Hall–Kier alpha value is -2.37. The van der Waals surface area contributed by atoms with Crippen LogP contribution in [0.15, 0.2) is 6.07 Å². The first kappa shape index (κ1) is 23.3. The highest BCUT2D eigenvalue weighted by Crippen LogP contribution is 2.61. The molecule has 2 aliphatic rings. The minimum atomic E-state index is -0.945. The number of fused-ring (bicyclic) bond motifs is 3. The fraction of sp³-hybridized carbons (Fsp3) is 0.640. The lowest BCUT2D eigenvalue weighted by atomic mass is 9.49. The molecule has 1 aromatic rings. The van der Waals surface area contributed by atoms with Crippen LogP contribution in [-0.2, 0) is 31.0 Å². The van der Waals surface area contributed by atoms with Crippen molar-refractivity contribution in [3.05, 3.63) is 22.8 Å². The number of esters is 3. The Morgan fingerprint density at radius 1 is 1.03 bits per heavy atom. The standard InChI is InChI=1S/C25H34O6/c1-14(2)18-13-17-9-10-19-24(5,6)11-8-12-25(19,23(28)29-7)20(17)22(31-16(4)27)21(18)30-15(3)26/h13-14,19H,8-12H2,1-7H3/t19-,25+/m1/s1. The largest absolute Gasteiger partial charge is 0.468 e. The maximum Gasteiger partial charge on any atom is 0.316 e. The Balaban J connectivity index is 2.44. The molecule has 170 valence electrons. The second kappa shape index (κ2) is 8.29. The van der Waals surface area contributed by atoms with Crippen LogP contribution in [-0.4, -0.2) is 25.0 Å². The predicted octanol–water partition coefficient (Wildman–Crippen LogP) is 4.84. The third-order valence-electron chi connectivity index (χ3n) is 7.09. The normalized spacial score (nSPS) is 24.1. The molecule has 0 heterocycles. The molecule has 2 atom stereocenters. The van der Waals surface area contributed by atoms with E-state index in [0.717, 1.165) is 36.8 Å². The van der Waals surface area contributed by atoms with Gasteiger partial charge in [0.2, 0.25) is 0 Å². The van der Waals surface area contributed by atoms with Gasteiger partial charge in [-0.1, -0.05) is 40.2 Å². The van der Waals surface area contributed by atoms with Crippen LogP contribution in [0.25, 0.3) is 0 Å². The van der Waals surface area contributed by atoms with Gasteiger partial charge in [-0.25, -0.2) is 0 Å². The summed E-state index contributed by atoms with van der Waals surface area (Å²) in [5.74, 6) is -0.833. The van der Waals surface area contributed by atoms with Crippen molar-refractivity contribution in [2.24, 2.45) is 11.3 Å². The second-order valence-corrected chi connectivity index (χ2v) is 9.90. The number of hydrogen-bond acceptors (Lipinski definition) is 6. The van der Waals surface area contributed by atoms with Gasteiger partial charge in [-0.2, -0.15) is 0 Å². The zero-order valence-corrected chi connectivity index (χ0v) is 19.7. The van der Waals surface area contributed by atoms with Gasteiger partial charge in [-0.05, 0) is 48.5 Å². The van der Waals surface area contributed by atoms with Gasteiger partial charge in [0.15, 0.2) is 11.5 Å². The van der Waals surface area contributed by atoms with Crippen LogP contribution in [0, 0.1) is 11.3 Å². The lowest BCUT2D eigenvalue weighted by molar-refractivity contribution is -0.157. The van der Waals surface area contributed by atoms with Crippen LogP contribution in [0.1, 0.15) is 89.8 Å². The van der Waals surface area contributed by atoms with E-state index in [1.54, 1.807) is 0 Å². The van der Waals surface area contributed by atoms with Gasteiger partial charge in [-0.15, -0.1) is 0 Å². The number of carbonyl (C=O) groups excluding carboxylic acids is 3. The van der Waals surface area contributed by atoms with Crippen molar-refractivity contribution in [3.63, 3.8) is 0 Å². The van der Waals surface area contributed by atoms with Gasteiger partial charge in [0.1, 0.15) is 5.41 Å². The predicted molar refractivity (Wildman–Crippen MR) is 116 cm³/mol. The summed E-state index contributed by atoms with van der Waals surface area (Å²) in [4.78, 5) is 37.7. The molecule has 6 nitrogen and oxygen atoms in total. The summed E-state index contributed by atoms with van der Waals surface area (Å²) in [6.45, 7) is 11.0.